The highest BCUT2D eigenvalue weighted by Gasteiger charge is 2.45. The normalized spacial score (nSPS) is 13.0. The number of anilines is 12. The van der Waals surface area contributed by atoms with E-state index in [1.54, 1.807) is 0 Å². The first kappa shape index (κ1) is 34.1. The average Bonchev–Trinajstić information content (AvgIpc) is 3.31. The van der Waals surface area contributed by atoms with Gasteiger partial charge in [-0.2, -0.15) is 0 Å². The fourth-order valence-corrected chi connectivity index (χ4v) is 9.48. The third kappa shape index (κ3) is 5.35. The molecular weight excluding hydrogens is 731 g/mol. The average molecular weight is 769 g/mol. The first-order chi connectivity index (χ1) is 29.8. The maximum atomic E-state index is 6.91. The smallest absolute Gasteiger partial charge is 0.252 e. The minimum absolute atomic E-state index is 0.0860. The molecule has 0 radical (unpaired) electrons. The van der Waals surface area contributed by atoms with Gasteiger partial charge < -0.3 is 24.3 Å². The lowest BCUT2D eigenvalue weighted by Gasteiger charge is -2.45. The zero-order chi connectivity index (χ0) is 39.6. The Bertz CT molecular complexity index is 3000. The molecule has 0 saturated carbocycles. The summed E-state index contributed by atoms with van der Waals surface area (Å²) in [4.78, 5) is 9.64. The molecule has 9 aromatic rings. The van der Waals surface area contributed by atoms with Gasteiger partial charge in [-0.15, -0.1) is 0 Å². The molecule has 0 N–H and O–H groups in total. The van der Waals surface area contributed by atoms with Crippen molar-refractivity contribution in [3.8, 4) is 11.5 Å². The molecule has 5 nitrogen and oxygen atoms in total. The van der Waals surface area contributed by atoms with Gasteiger partial charge in [0.25, 0.3) is 6.71 Å². The molecule has 12 rings (SSSR count). The molecule has 282 valence electrons. The van der Waals surface area contributed by atoms with Gasteiger partial charge in [0.2, 0.25) is 0 Å². The first-order valence-corrected chi connectivity index (χ1v) is 20.5. The largest absolute Gasteiger partial charge is 0.453 e. The molecule has 9 aromatic carbocycles. The van der Waals surface area contributed by atoms with Crippen molar-refractivity contribution in [2.75, 3.05) is 19.6 Å². The highest BCUT2D eigenvalue weighted by atomic mass is 16.5. The number of para-hydroxylation sites is 8. The van der Waals surface area contributed by atoms with Crippen LogP contribution < -0.4 is 40.7 Å². The fraction of sp³-hybridized carbons (Fsp3) is 0. The second-order valence-electron chi connectivity index (χ2n) is 15.4. The van der Waals surface area contributed by atoms with Crippen LogP contribution in [0.2, 0.25) is 0 Å². The van der Waals surface area contributed by atoms with Gasteiger partial charge in [0.05, 0.1) is 17.1 Å². The number of hydrogen-bond acceptors (Lipinski definition) is 5. The number of rotatable bonds is 6. The highest BCUT2D eigenvalue weighted by Crippen LogP contribution is 2.54. The summed E-state index contributed by atoms with van der Waals surface area (Å²) in [6.45, 7) is -0.0860. The second-order valence-corrected chi connectivity index (χ2v) is 15.4. The Hall–Kier alpha value is -7.96. The Labute approximate surface area is 350 Å². The van der Waals surface area contributed by atoms with E-state index in [0.717, 1.165) is 79.7 Å². The van der Waals surface area contributed by atoms with E-state index in [1.165, 1.54) is 16.4 Å². The van der Waals surface area contributed by atoms with Crippen LogP contribution in [0.5, 0.6) is 11.5 Å². The summed E-state index contributed by atoms with van der Waals surface area (Å²) >= 11 is 0. The van der Waals surface area contributed by atoms with Gasteiger partial charge >= 0.3 is 0 Å². The summed E-state index contributed by atoms with van der Waals surface area (Å²) in [5.41, 5.74) is 16.7. The van der Waals surface area contributed by atoms with Crippen molar-refractivity contribution in [3.63, 3.8) is 0 Å². The van der Waals surface area contributed by atoms with E-state index in [2.05, 4.69) is 238 Å². The number of ether oxygens (including phenoxy) is 1. The second kappa shape index (κ2) is 13.9. The molecule has 0 unspecified atom stereocenters. The number of fused-ring (bicyclic) bond motifs is 6. The van der Waals surface area contributed by atoms with E-state index in [-0.39, 0.29) is 6.71 Å². The van der Waals surface area contributed by atoms with E-state index >= 15 is 0 Å². The standard InChI is InChI=1S/C54H37BN4O/c1-6-20-38(21-7-1)56(39-22-8-2-9-23-39)43-34-50-54-51(35-43)59(42-28-14-5-15-29-42)48-37-53-49(58(41-26-12-4-13-27-41)47-32-18-19-33-52(47)60-53)36-45(48)55(54)44-30-16-17-31-46(44)57(50)40-24-10-3-11-25-40/h1-37H. The van der Waals surface area contributed by atoms with E-state index < -0.39 is 0 Å². The van der Waals surface area contributed by atoms with E-state index in [9.17, 15) is 0 Å². The van der Waals surface area contributed by atoms with E-state index in [4.69, 9.17) is 4.74 Å². The molecule has 3 aliphatic rings. The van der Waals surface area contributed by atoms with Crippen LogP contribution in [0.4, 0.5) is 68.2 Å². The molecule has 0 saturated heterocycles. The van der Waals surface area contributed by atoms with Crippen LogP contribution in [0.15, 0.2) is 224 Å². The Morgan fingerprint density at radius 1 is 0.317 bits per heavy atom. The lowest BCUT2D eigenvalue weighted by molar-refractivity contribution is 0.477. The summed E-state index contributed by atoms with van der Waals surface area (Å²) in [6, 6.07) is 80.3. The van der Waals surface area contributed by atoms with Gasteiger partial charge in [0.15, 0.2) is 11.5 Å². The third-order valence-electron chi connectivity index (χ3n) is 11.9. The lowest BCUT2D eigenvalue weighted by atomic mass is 9.33. The zero-order valence-corrected chi connectivity index (χ0v) is 32.6. The Morgan fingerprint density at radius 2 is 0.767 bits per heavy atom. The Kier molecular flexibility index (Phi) is 7.88. The molecule has 0 atom stereocenters. The summed E-state index contributed by atoms with van der Waals surface area (Å²) < 4.78 is 6.91. The van der Waals surface area contributed by atoms with Crippen LogP contribution in [0.25, 0.3) is 0 Å². The van der Waals surface area contributed by atoms with Crippen LogP contribution >= 0.6 is 0 Å². The molecule has 3 aliphatic heterocycles. The number of benzene rings is 9. The predicted molar refractivity (Wildman–Crippen MR) is 250 cm³/mol. The molecule has 6 heteroatoms. The van der Waals surface area contributed by atoms with Crippen molar-refractivity contribution in [2.45, 2.75) is 0 Å². The third-order valence-corrected chi connectivity index (χ3v) is 11.9. The molecule has 0 amide bonds. The fourth-order valence-electron chi connectivity index (χ4n) is 9.48. The van der Waals surface area contributed by atoms with Crippen LogP contribution in [0, 0.1) is 0 Å². The highest BCUT2D eigenvalue weighted by molar-refractivity contribution is 7.00. The predicted octanol–water partition coefficient (Wildman–Crippen LogP) is 12.8. The SMILES string of the molecule is c1ccc(N(c2ccccc2)c2cc3c4c(c2)N(c2ccccc2)c2cc5c(cc2B4c2ccccc2N3c2ccccc2)N(c2ccccc2)c2ccccc2O5)cc1. The Balaban J connectivity index is 1.19. The quantitative estimate of drug-likeness (QED) is 0.157. The maximum Gasteiger partial charge on any atom is 0.252 e. The molecule has 3 heterocycles. The van der Waals surface area contributed by atoms with Crippen LogP contribution in [-0.2, 0) is 0 Å². The van der Waals surface area contributed by atoms with Crippen LogP contribution in [-0.4, -0.2) is 6.71 Å². The molecule has 0 bridgehead atoms. The lowest BCUT2D eigenvalue weighted by Crippen LogP contribution is -2.61. The molecule has 60 heavy (non-hydrogen) atoms. The van der Waals surface area contributed by atoms with Gasteiger partial charge in [-0.1, -0.05) is 121 Å². The van der Waals surface area contributed by atoms with Gasteiger partial charge in [0.1, 0.15) is 0 Å². The zero-order valence-electron chi connectivity index (χ0n) is 32.6. The van der Waals surface area contributed by atoms with Crippen molar-refractivity contribution in [3.05, 3.63) is 224 Å². The van der Waals surface area contributed by atoms with Gasteiger partial charge in [-0.25, -0.2) is 0 Å². The molecular formula is C54H37BN4O. The molecule has 0 fully saturated rings. The van der Waals surface area contributed by atoms with Crippen molar-refractivity contribution in [2.24, 2.45) is 0 Å². The molecule has 0 aliphatic carbocycles. The monoisotopic (exact) mass is 768 g/mol. The topological polar surface area (TPSA) is 22.2 Å². The van der Waals surface area contributed by atoms with Gasteiger partial charge in [-0.05, 0) is 113 Å². The van der Waals surface area contributed by atoms with E-state index in [1.807, 2.05) is 6.07 Å². The van der Waals surface area contributed by atoms with Gasteiger partial charge in [-0.3, -0.25) is 0 Å². The van der Waals surface area contributed by atoms with Crippen molar-refractivity contribution in [1.29, 1.82) is 0 Å². The van der Waals surface area contributed by atoms with Crippen molar-refractivity contribution < 1.29 is 4.74 Å². The van der Waals surface area contributed by atoms with Crippen LogP contribution in [0.1, 0.15) is 0 Å². The summed E-state index contributed by atoms with van der Waals surface area (Å²) in [5, 5.41) is 0. The Morgan fingerprint density at radius 3 is 1.33 bits per heavy atom. The minimum atomic E-state index is -0.0860. The van der Waals surface area contributed by atoms with Gasteiger partial charge in [0, 0.05) is 57.3 Å². The van der Waals surface area contributed by atoms with Crippen molar-refractivity contribution >= 4 is 91.3 Å². The molecule has 0 spiro atoms. The summed E-state index contributed by atoms with van der Waals surface area (Å²) in [7, 11) is 0. The summed E-state index contributed by atoms with van der Waals surface area (Å²) in [5.74, 6) is 1.63. The van der Waals surface area contributed by atoms with Crippen LogP contribution in [0.3, 0.4) is 0 Å². The van der Waals surface area contributed by atoms with E-state index in [0.29, 0.717) is 0 Å². The maximum absolute atomic E-state index is 6.91. The minimum Gasteiger partial charge on any atom is -0.453 e. The number of nitrogens with zero attached hydrogens (tertiary/aromatic N) is 4. The first-order valence-electron chi connectivity index (χ1n) is 20.5. The number of hydrogen-bond donors (Lipinski definition) is 0. The molecule has 0 aromatic heterocycles. The van der Waals surface area contributed by atoms with Crippen molar-refractivity contribution in [1.82, 2.24) is 0 Å². The summed E-state index contributed by atoms with van der Waals surface area (Å²) in [6.07, 6.45) is 0.